The third-order valence-electron chi connectivity index (χ3n) is 4.61. The maximum Gasteiger partial charge on any atom is 0.255 e. The van der Waals surface area contributed by atoms with E-state index in [1.54, 1.807) is 36.5 Å². The zero-order chi connectivity index (χ0) is 22.2. The van der Waals surface area contributed by atoms with Crippen LogP contribution in [0.1, 0.15) is 27.2 Å². The van der Waals surface area contributed by atoms with Gasteiger partial charge in [0.2, 0.25) is 0 Å². The number of nitrogens with zero attached hydrogens (tertiary/aromatic N) is 1. The Bertz CT molecular complexity index is 1100. The lowest BCUT2D eigenvalue weighted by Gasteiger charge is -2.15. The first-order valence-corrected chi connectivity index (χ1v) is 9.66. The number of anilines is 1. The van der Waals surface area contributed by atoms with Crippen molar-refractivity contribution in [2.45, 2.75) is 6.42 Å². The summed E-state index contributed by atoms with van der Waals surface area (Å²) in [7, 11) is 1.43. The van der Waals surface area contributed by atoms with Crippen molar-refractivity contribution in [3.05, 3.63) is 95.1 Å². The molecule has 4 N–H and O–H groups in total. The van der Waals surface area contributed by atoms with E-state index in [0.29, 0.717) is 24.2 Å². The Morgan fingerprint density at radius 3 is 2.65 bits per heavy atom. The molecule has 0 radical (unpaired) electrons. The number of hydrogen-bond acceptors (Lipinski definition) is 5. The summed E-state index contributed by atoms with van der Waals surface area (Å²) in [4.78, 5) is 17.0. The monoisotopic (exact) mass is 418 g/mol. The van der Waals surface area contributed by atoms with Gasteiger partial charge in [-0.2, -0.15) is 0 Å². The number of methoxy groups -OCH3 is 1. The first-order chi connectivity index (χ1) is 15.0. The minimum absolute atomic E-state index is 0.0711. The number of carbonyl (C=O) groups is 1. The van der Waals surface area contributed by atoms with Crippen molar-refractivity contribution >= 4 is 23.4 Å². The number of carbonyl (C=O) groups excluding carboxylic acids is 1. The maximum atomic E-state index is 13.1. The molecule has 6 nitrogen and oxygen atoms in total. The van der Waals surface area contributed by atoms with Crippen molar-refractivity contribution in [3.8, 4) is 5.75 Å². The Balaban J connectivity index is 1.78. The summed E-state index contributed by atoms with van der Waals surface area (Å²) in [5.41, 5.74) is 8.68. The van der Waals surface area contributed by atoms with Crippen LogP contribution in [0.15, 0.2) is 66.9 Å². The average Bonchev–Trinajstić information content (AvgIpc) is 2.78. The van der Waals surface area contributed by atoms with Gasteiger partial charge < -0.3 is 21.2 Å². The molecule has 1 heterocycles. The molecule has 31 heavy (non-hydrogen) atoms. The van der Waals surface area contributed by atoms with Gasteiger partial charge in [-0.3, -0.25) is 9.78 Å². The van der Waals surface area contributed by atoms with Gasteiger partial charge in [0.15, 0.2) is 0 Å². The van der Waals surface area contributed by atoms with Crippen LogP contribution in [0, 0.1) is 11.2 Å². The largest absolute Gasteiger partial charge is 0.495 e. The van der Waals surface area contributed by atoms with Gasteiger partial charge in [0.1, 0.15) is 11.6 Å². The zero-order valence-corrected chi connectivity index (χ0v) is 17.1. The van der Waals surface area contributed by atoms with E-state index in [1.807, 2.05) is 18.2 Å². The molecule has 7 heteroatoms. The minimum atomic E-state index is -0.333. The number of halogens is 1. The Morgan fingerprint density at radius 2 is 1.97 bits per heavy atom. The first kappa shape index (κ1) is 21.7. The molecular formula is C24H23FN4O2. The maximum absolute atomic E-state index is 13.1. The molecule has 0 saturated carbocycles. The van der Waals surface area contributed by atoms with Crippen LogP contribution in [0.3, 0.4) is 0 Å². The fourth-order valence-corrected chi connectivity index (χ4v) is 3.05. The van der Waals surface area contributed by atoms with E-state index in [9.17, 15) is 9.18 Å². The SMILES string of the molecule is COc1c(C(=O)NCCc2ccccn2)ccc(N)c1C(=N)/C=C/c1ccc(F)cc1. The summed E-state index contributed by atoms with van der Waals surface area (Å²) in [6.07, 6.45) is 5.49. The van der Waals surface area contributed by atoms with Crippen LogP contribution in [0.4, 0.5) is 10.1 Å². The average molecular weight is 418 g/mol. The molecule has 1 aromatic heterocycles. The third kappa shape index (κ3) is 5.54. The highest BCUT2D eigenvalue weighted by molar-refractivity contribution is 6.15. The highest BCUT2D eigenvalue weighted by Gasteiger charge is 2.20. The lowest BCUT2D eigenvalue weighted by Crippen LogP contribution is -2.27. The lowest BCUT2D eigenvalue weighted by molar-refractivity contribution is 0.0951. The second-order valence-corrected chi connectivity index (χ2v) is 6.74. The molecule has 3 aromatic rings. The lowest BCUT2D eigenvalue weighted by atomic mass is 10.0. The zero-order valence-electron chi connectivity index (χ0n) is 17.1. The van der Waals surface area contributed by atoms with E-state index in [0.717, 1.165) is 11.3 Å². The van der Waals surface area contributed by atoms with E-state index in [1.165, 1.54) is 25.3 Å². The summed E-state index contributed by atoms with van der Waals surface area (Å²) in [5.74, 6) is -0.437. The summed E-state index contributed by atoms with van der Waals surface area (Å²) >= 11 is 0. The fraction of sp³-hybridized carbons (Fsp3) is 0.125. The number of ether oxygens (including phenoxy) is 1. The van der Waals surface area contributed by atoms with Gasteiger partial charge in [-0.25, -0.2) is 4.39 Å². The van der Waals surface area contributed by atoms with Crippen LogP contribution in [0.5, 0.6) is 5.75 Å². The number of aromatic nitrogens is 1. The van der Waals surface area contributed by atoms with Gasteiger partial charge in [-0.05, 0) is 48.0 Å². The minimum Gasteiger partial charge on any atom is -0.495 e. The summed E-state index contributed by atoms with van der Waals surface area (Å²) in [5, 5.41) is 11.3. The van der Waals surface area contributed by atoms with Crippen LogP contribution in [0.2, 0.25) is 0 Å². The molecule has 0 unspecified atom stereocenters. The molecule has 0 aliphatic carbocycles. The Morgan fingerprint density at radius 1 is 1.19 bits per heavy atom. The first-order valence-electron chi connectivity index (χ1n) is 9.66. The number of pyridine rings is 1. The Labute approximate surface area is 180 Å². The molecule has 0 bridgehead atoms. The molecule has 0 aliphatic heterocycles. The molecule has 0 saturated heterocycles. The van der Waals surface area contributed by atoms with E-state index < -0.39 is 0 Å². The second-order valence-electron chi connectivity index (χ2n) is 6.74. The van der Waals surface area contributed by atoms with E-state index in [2.05, 4.69) is 10.3 Å². The molecule has 0 aliphatic rings. The van der Waals surface area contributed by atoms with Gasteiger partial charge in [0.25, 0.3) is 5.91 Å². The van der Waals surface area contributed by atoms with Crippen LogP contribution < -0.4 is 15.8 Å². The second kappa shape index (κ2) is 10.2. The molecule has 0 spiro atoms. The summed E-state index contributed by atoms with van der Waals surface area (Å²) in [6.45, 7) is 0.403. The number of rotatable bonds is 8. The quantitative estimate of drug-likeness (QED) is 0.382. The van der Waals surface area contributed by atoms with Crippen LogP contribution >= 0.6 is 0 Å². The topological polar surface area (TPSA) is 101 Å². The van der Waals surface area contributed by atoms with E-state index in [-0.39, 0.29) is 28.7 Å². The summed E-state index contributed by atoms with van der Waals surface area (Å²) in [6, 6.07) is 14.7. The van der Waals surface area contributed by atoms with Crippen molar-refractivity contribution in [2.75, 3.05) is 19.4 Å². The number of nitrogen functional groups attached to an aromatic ring is 1. The van der Waals surface area contributed by atoms with Gasteiger partial charge >= 0.3 is 0 Å². The molecule has 3 rings (SSSR count). The third-order valence-corrected chi connectivity index (χ3v) is 4.61. The number of hydrogen-bond donors (Lipinski definition) is 3. The van der Waals surface area contributed by atoms with Gasteiger partial charge in [0.05, 0.1) is 23.9 Å². The van der Waals surface area contributed by atoms with Crippen molar-refractivity contribution in [1.82, 2.24) is 10.3 Å². The number of benzene rings is 2. The van der Waals surface area contributed by atoms with Crippen molar-refractivity contribution < 1.29 is 13.9 Å². The number of amides is 1. The van der Waals surface area contributed by atoms with Gasteiger partial charge in [0, 0.05) is 30.5 Å². The van der Waals surface area contributed by atoms with E-state index in [4.69, 9.17) is 15.9 Å². The standard InChI is InChI=1S/C24H23FN4O2/c1-31-23-19(24(30)29-15-13-18-4-2-3-14-28-18)10-12-21(27)22(23)20(26)11-7-16-5-8-17(25)9-6-16/h2-12,14,26H,13,15,27H2,1H3,(H,29,30)/b11-7+,26-20?. The molecule has 158 valence electrons. The number of nitrogens with two attached hydrogens (primary N) is 1. The van der Waals surface area contributed by atoms with Crippen molar-refractivity contribution in [1.29, 1.82) is 5.41 Å². The van der Waals surface area contributed by atoms with Gasteiger partial charge in [-0.15, -0.1) is 0 Å². The fourth-order valence-electron chi connectivity index (χ4n) is 3.05. The van der Waals surface area contributed by atoms with Crippen LogP contribution in [-0.4, -0.2) is 30.3 Å². The smallest absolute Gasteiger partial charge is 0.255 e. The molecule has 0 atom stereocenters. The highest BCUT2D eigenvalue weighted by Crippen LogP contribution is 2.30. The van der Waals surface area contributed by atoms with Crippen LogP contribution in [-0.2, 0) is 6.42 Å². The Kier molecular flexibility index (Phi) is 7.11. The van der Waals surface area contributed by atoms with Crippen molar-refractivity contribution in [2.24, 2.45) is 0 Å². The predicted molar refractivity (Wildman–Crippen MR) is 120 cm³/mol. The molecule has 1 amide bonds. The number of allylic oxidation sites excluding steroid dienone is 1. The predicted octanol–water partition coefficient (Wildman–Crippen LogP) is 3.87. The normalized spacial score (nSPS) is 10.8. The van der Waals surface area contributed by atoms with Crippen LogP contribution in [0.25, 0.3) is 6.08 Å². The van der Waals surface area contributed by atoms with Gasteiger partial charge in [-0.1, -0.05) is 24.3 Å². The number of nitrogens with one attached hydrogen (secondary N) is 2. The molecule has 2 aromatic carbocycles. The molecular weight excluding hydrogens is 395 g/mol. The Hall–Kier alpha value is -4.00. The van der Waals surface area contributed by atoms with E-state index >= 15 is 0 Å². The summed E-state index contributed by atoms with van der Waals surface area (Å²) < 4.78 is 18.5. The molecule has 0 fully saturated rings. The highest BCUT2D eigenvalue weighted by atomic mass is 19.1. The van der Waals surface area contributed by atoms with Crippen molar-refractivity contribution in [3.63, 3.8) is 0 Å².